The molecule has 0 heterocycles. The lowest BCUT2D eigenvalue weighted by Gasteiger charge is -2.32. The molecule has 0 aliphatic carbocycles. The maximum absolute atomic E-state index is 12.6. The molecule has 0 saturated carbocycles. The van der Waals surface area contributed by atoms with E-state index in [2.05, 4.69) is 13.8 Å². The molecule has 37 heavy (non-hydrogen) atoms. The van der Waals surface area contributed by atoms with Crippen LogP contribution >= 0.6 is 0 Å². The van der Waals surface area contributed by atoms with Crippen LogP contribution in [0.15, 0.2) is 36.4 Å². The molecule has 206 valence electrons. The largest absolute Gasteiger partial charge is 0.508 e. The molecule has 0 spiro atoms. The zero-order valence-corrected chi connectivity index (χ0v) is 23.8. The number of hydrogen-bond donors (Lipinski definition) is 2. The Labute approximate surface area is 225 Å². The summed E-state index contributed by atoms with van der Waals surface area (Å²) in [6.07, 6.45) is 16.3. The molecule has 0 fully saturated rings. The van der Waals surface area contributed by atoms with E-state index in [1.54, 1.807) is 12.1 Å². The van der Waals surface area contributed by atoms with E-state index in [0.717, 1.165) is 35.1 Å². The van der Waals surface area contributed by atoms with Crippen LogP contribution in [-0.4, -0.2) is 22.8 Å². The second-order valence-corrected chi connectivity index (χ2v) is 10.9. The molecular weight excluding hydrogens is 460 g/mol. The molecule has 0 aliphatic rings. The van der Waals surface area contributed by atoms with E-state index >= 15 is 0 Å². The van der Waals surface area contributed by atoms with Crippen LogP contribution in [0.1, 0.15) is 126 Å². The summed E-state index contributed by atoms with van der Waals surface area (Å²) in [4.78, 5) is 12.6. The van der Waals surface area contributed by atoms with Gasteiger partial charge in [-0.1, -0.05) is 109 Å². The molecule has 0 bridgehead atoms. The van der Waals surface area contributed by atoms with Crippen LogP contribution in [0, 0.1) is 13.8 Å². The highest BCUT2D eigenvalue weighted by atomic mass is 16.5. The first kappa shape index (κ1) is 30.7. The lowest BCUT2D eigenvalue weighted by atomic mass is 9.72. The number of aromatic hydroxyl groups is 2. The van der Waals surface area contributed by atoms with Crippen molar-refractivity contribution in [3.8, 4) is 11.5 Å². The van der Waals surface area contributed by atoms with E-state index in [1.807, 2.05) is 38.1 Å². The maximum atomic E-state index is 12.6. The SMILES string of the molecule is CCCCCCCCCCCCCCOC(=O)CCC(C)(c1ccc(O)c(C)c1)c1ccc(O)c(C)c1. The smallest absolute Gasteiger partial charge is 0.305 e. The van der Waals surface area contributed by atoms with Crippen molar-refractivity contribution in [3.63, 3.8) is 0 Å². The summed E-state index contributed by atoms with van der Waals surface area (Å²) in [5.41, 5.74) is 3.21. The van der Waals surface area contributed by atoms with Gasteiger partial charge in [0.25, 0.3) is 0 Å². The van der Waals surface area contributed by atoms with Crippen molar-refractivity contribution >= 4 is 5.97 Å². The second kappa shape index (κ2) is 16.4. The monoisotopic (exact) mass is 510 g/mol. The van der Waals surface area contributed by atoms with Gasteiger partial charge in [-0.25, -0.2) is 0 Å². The predicted octanol–water partition coefficient (Wildman–Crippen LogP) is 9.05. The lowest BCUT2D eigenvalue weighted by molar-refractivity contribution is -0.144. The summed E-state index contributed by atoms with van der Waals surface area (Å²) in [7, 11) is 0. The molecular formula is C33H50O4. The van der Waals surface area contributed by atoms with Crippen LogP contribution < -0.4 is 0 Å². The quantitative estimate of drug-likeness (QED) is 0.155. The predicted molar refractivity (Wildman–Crippen MR) is 153 cm³/mol. The number of rotatable bonds is 18. The molecule has 0 aliphatic heterocycles. The molecule has 0 atom stereocenters. The molecule has 2 rings (SSSR count). The van der Waals surface area contributed by atoms with Gasteiger partial charge in [-0.05, 0) is 61.1 Å². The molecule has 0 saturated heterocycles. The number of ether oxygens (including phenoxy) is 1. The average Bonchev–Trinajstić information content (AvgIpc) is 2.88. The Bertz CT molecular complexity index is 898. The third-order valence-corrected chi connectivity index (χ3v) is 7.76. The highest BCUT2D eigenvalue weighted by Gasteiger charge is 2.31. The fourth-order valence-electron chi connectivity index (χ4n) is 5.01. The van der Waals surface area contributed by atoms with Crippen molar-refractivity contribution in [2.75, 3.05) is 6.61 Å². The van der Waals surface area contributed by atoms with Gasteiger partial charge in [0.15, 0.2) is 0 Å². The Morgan fingerprint density at radius 3 is 1.59 bits per heavy atom. The Morgan fingerprint density at radius 1 is 0.730 bits per heavy atom. The Kier molecular flexibility index (Phi) is 13.6. The molecule has 2 aromatic carbocycles. The summed E-state index contributed by atoms with van der Waals surface area (Å²) >= 11 is 0. The van der Waals surface area contributed by atoms with Gasteiger partial charge in [-0.15, -0.1) is 0 Å². The Morgan fingerprint density at radius 2 is 1.16 bits per heavy atom. The van der Waals surface area contributed by atoms with Crippen molar-refractivity contribution in [2.45, 2.75) is 123 Å². The number of carbonyl (C=O) groups is 1. The normalized spacial score (nSPS) is 11.6. The summed E-state index contributed by atoms with van der Waals surface area (Å²) in [5, 5.41) is 20.0. The summed E-state index contributed by atoms with van der Waals surface area (Å²) in [6.45, 7) is 8.62. The van der Waals surface area contributed by atoms with Gasteiger partial charge in [0.05, 0.1) is 6.61 Å². The summed E-state index contributed by atoms with van der Waals surface area (Å²) in [5.74, 6) is 0.352. The van der Waals surface area contributed by atoms with Crippen LogP contribution in [-0.2, 0) is 14.9 Å². The Hall–Kier alpha value is -2.49. The zero-order valence-electron chi connectivity index (χ0n) is 23.8. The van der Waals surface area contributed by atoms with Crippen molar-refractivity contribution in [1.82, 2.24) is 0 Å². The summed E-state index contributed by atoms with van der Waals surface area (Å²) < 4.78 is 5.57. The van der Waals surface area contributed by atoms with Gasteiger partial charge >= 0.3 is 5.97 Å². The van der Waals surface area contributed by atoms with Crippen LogP contribution in [0.2, 0.25) is 0 Å². The molecule has 0 aromatic heterocycles. The molecule has 2 aromatic rings. The van der Waals surface area contributed by atoms with Gasteiger partial charge in [-0.3, -0.25) is 4.79 Å². The average molecular weight is 511 g/mol. The number of unbranched alkanes of at least 4 members (excludes halogenated alkanes) is 11. The van der Waals surface area contributed by atoms with Crippen LogP contribution in [0.4, 0.5) is 0 Å². The number of hydrogen-bond acceptors (Lipinski definition) is 4. The molecule has 4 heteroatoms. The minimum atomic E-state index is -0.452. The van der Waals surface area contributed by atoms with Gasteiger partial charge < -0.3 is 14.9 Å². The number of aryl methyl sites for hydroxylation is 2. The van der Waals surface area contributed by atoms with Crippen molar-refractivity contribution in [3.05, 3.63) is 58.7 Å². The van der Waals surface area contributed by atoms with Gasteiger partial charge in [0.2, 0.25) is 0 Å². The molecule has 4 nitrogen and oxygen atoms in total. The third kappa shape index (κ3) is 10.4. The fourth-order valence-corrected chi connectivity index (χ4v) is 5.01. The molecule has 0 unspecified atom stereocenters. The molecule has 0 amide bonds. The standard InChI is InChI=1S/C33H50O4/c1-5-6-7-8-9-10-11-12-13-14-15-16-23-37-32(36)21-22-33(4,28-17-19-30(34)26(2)24-28)29-18-20-31(35)27(3)25-29/h17-20,24-25,34-35H,5-16,21-23H2,1-4H3. The Balaban J connectivity index is 1.76. The van der Waals surface area contributed by atoms with Crippen molar-refractivity contribution in [1.29, 1.82) is 0 Å². The van der Waals surface area contributed by atoms with Gasteiger partial charge in [0, 0.05) is 11.8 Å². The number of esters is 1. The van der Waals surface area contributed by atoms with Gasteiger partial charge in [-0.2, -0.15) is 0 Å². The van der Waals surface area contributed by atoms with Crippen LogP contribution in [0.3, 0.4) is 0 Å². The molecule has 0 radical (unpaired) electrons. The first-order valence-corrected chi connectivity index (χ1v) is 14.5. The van der Waals surface area contributed by atoms with Gasteiger partial charge in [0.1, 0.15) is 11.5 Å². The highest BCUT2D eigenvalue weighted by Crippen LogP contribution is 2.39. The number of carbonyl (C=O) groups excluding carboxylic acids is 1. The number of phenolic OH excluding ortho intramolecular Hbond substituents is 2. The third-order valence-electron chi connectivity index (χ3n) is 7.76. The zero-order chi connectivity index (χ0) is 27.1. The second-order valence-electron chi connectivity index (χ2n) is 10.9. The first-order valence-electron chi connectivity index (χ1n) is 14.5. The van der Waals surface area contributed by atoms with Crippen LogP contribution in [0.25, 0.3) is 0 Å². The first-order chi connectivity index (χ1) is 17.8. The van der Waals surface area contributed by atoms with E-state index in [4.69, 9.17) is 4.74 Å². The topological polar surface area (TPSA) is 66.8 Å². The van der Waals surface area contributed by atoms with E-state index in [9.17, 15) is 15.0 Å². The minimum absolute atomic E-state index is 0.166. The minimum Gasteiger partial charge on any atom is -0.508 e. The fraction of sp³-hybridized carbons (Fsp3) is 0.606. The lowest BCUT2D eigenvalue weighted by Crippen LogP contribution is -2.25. The highest BCUT2D eigenvalue weighted by molar-refractivity contribution is 5.69. The van der Waals surface area contributed by atoms with E-state index in [0.29, 0.717) is 19.4 Å². The van der Waals surface area contributed by atoms with E-state index in [-0.39, 0.29) is 17.5 Å². The summed E-state index contributed by atoms with van der Waals surface area (Å²) in [6, 6.07) is 11.2. The maximum Gasteiger partial charge on any atom is 0.305 e. The van der Waals surface area contributed by atoms with E-state index in [1.165, 1.54) is 64.2 Å². The van der Waals surface area contributed by atoms with Crippen LogP contribution in [0.5, 0.6) is 11.5 Å². The van der Waals surface area contributed by atoms with E-state index < -0.39 is 5.41 Å². The number of benzene rings is 2. The molecule has 2 N–H and O–H groups in total. The number of phenols is 2. The van der Waals surface area contributed by atoms with Crippen molar-refractivity contribution in [2.24, 2.45) is 0 Å². The van der Waals surface area contributed by atoms with Crippen molar-refractivity contribution < 1.29 is 19.7 Å².